The van der Waals surface area contributed by atoms with Crippen LogP contribution in [0.5, 0.6) is 11.5 Å². The Bertz CT molecular complexity index is 1110. The molecule has 8 nitrogen and oxygen atoms in total. The molecule has 0 unspecified atom stereocenters. The van der Waals surface area contributed by atoms with E-state index >= 15 is 0 Å². The Morgan fingerprint density at radius 1 is 0.581 bits per heavy atom. The van der Waals surface area contributed by atoms with Crippen molar-refractivity contribution in [2.75, 3.05) is 0 Å². The van der Waals surface area contributed by atoms with Crippen LogP contribution >= 0.6 is 0 Å². The molecule has 0 spiro atoms. The molecule has 9 heteroatoms. The Labute approximate surface area is 189 Å². The quantitative estimate of drug-likeness (QED) is 0.301. The first-order valence-electron chi connectivity index (χ1n) is 8.23. The summed E-state index contributed by atoms with van der Waals surface area (Å²) in [6, 6.07) is 20.0. The topological polar surface area (TPSA) is 187 Å². The molecule has 0 fully saturated rings. The monoisotopic (exact) mass is 476 g/mol. The van der Waals surface area contributed by atoms with Crippen molar-refractivity contribution in [3.05, 3.63) is 83.9 Å². The molecule has 31 heavy (non-hydrogen) atoms. The molecule has 0 bridgehead atoms. The minimum absolute atomic E-state index is 0. The molecular weight excluding hydrogens is 458 g/mol. The molecule has 4 rings (SSSR count). The number of fused-ring (bicyclic) bond motifs is 2. The fourth-order valence-electron chi connectivity index (χ4n) is 2.78. The van der Waals surface area contributed by atoms with Gasteiger partial charge in [0.25, 0.3) is 0 Å². The Morgan fingerprint density at radius 3 is 1.10 bits per heavy atom. The number of aromatic carboxylic acids is 2. The first-order valence-corrected chi connectivity index (χ1v) is 8.23. The molecule has 4 aromatic carbocycles. The maximum atomic E-state index is 10.6. The Morgan fingerprint density at radius 2 is 0.839 bits per heavy atom. The maximum absolute atomic E-state index is 10.6. The summed E-state index contributed by atoms with van der Waals surface area (Å²) in [6.07, 6.45) is 0. The number of benzene rings is 4. The van der Waals surface area contributed by atoms with E-state index in [-0.39, 0.29) is 53.1 Å². The van der Waals surface area contributed by atoms with E-state index in [4.69, 9.17) is 0 Å². The van der Waals surface area contributed by atoms with Gasteiger partial charge in [0.15, 0.2) is 0 Å². The van der Waals surface area contributed by atoms with Gasteiger partial charge in [-0.15, -0.1) is 0 Å². The summed E-state index contributed by atoms with van der Waals surface area (Å²) < 4.78 is 0. The zero-order valence-corrected chi connectivity index (χ0v) is 19.3. The van der Waals surface area contributed by atoms with Gasteiger partial charge in [0.2, 0.25) is 0 Å². The van der Waals surface area contributed by atoms with Crippen molar-refractivity contribution in [3.8, 4) is 11.5 Å². The van der Waals surface area contributed by atoms with Gasteiger partial charge in [-0.05, 0) is 45.8 Å². The average molecular weight is 478 g/mol. The molecule has 4 aromatic rings. The zero-order chi connectivity index (χ0) is 20.3. The van der Waals surface area contributed by atoms with Crippen molar-refractivity contribution in [1.82, 2.24) is 0 Å². The van der Waals surface area contributed by atoms with Gasteiger partial charge in [0.05, 0.1) is 11.9 Å². The third-order valence-electron chi connectivity index (χ3n) is 4.17. The van der Waals surface area contributed by atoms with Gasteiger partial charge in [-0.25, -0.2) is 0 Å². The van der Waals surface area contributed by atoms with Crippen LogP contribution < -0.4 is 10.2 Å². The molecule has 0 amide bonds. The van der Waals surface area contributed by atoms with E-state index in [1.54, 1.807) is 36.4 Å². The van der Waals surface area contributed by atoms with Gasteiger partial charge in [0, 0.05) is 11.1 Å². The summed E-state index contributed by atoms with van der Waals surface area (Å²) in [7, 11) is 0. The minimum atomic E-state index is -1.37. The molecular formula is C22H20O8Zn+2. The van der Waals surface area contributed by atoms with Crippen LogP contribution in [0.4, 0.5) is 0 Å². The van der Waals surface area contributed by atoms with Gasteiger partial charge >= 0.3 is 19.5 Å². The van der Waals surface area contributed by atoms with Gasteiger partial charge in [-0.1, -0.05) is 48.5 Å². The molecule has 0 radical (unpaired) electrons. The fourth-order valence-corrected chi connectivity index (χ4v) is 2.78. The van der Waals surface area contributed by atoms with Crippen molar-refractivity contribution in [2.45, 2.75) is 0 Å². The zero-order valence-electron chi connectivity index (χ0n) is 16.3. The van der Waals surface area contributed by atoms with Crippen molar-refractivity contribution in [1.29, 1.82) is 0 Å². The largest absolute Gasteiger partial charge is 2.00 e. The summed E-state index contributed by atoms with van der Waals surface area (Å²) in [5.74, 6) is -3.26. The van der Waals surface area contributed by atoms with Gasteiger partial charge in [-0.3, -0.25) is 0 Å². The summed E-state index contributed by atoms with van der Waals surface area (Å²) in [5.41, 5.74) is -0.354. The van der Waals surface area contributed by atoms with E-state index in [1.807, 2.05) is 12.1 Å². The van der Waals surface area contributed by atoms with Crippen molar-refractivity contribution in [3.63, 3.8) is 0 Å². The predicted molar refractivity (Wildman–Crippen MR) is 110 cm³/mol. The number of phenols is 2. The molecule has 0 aliphatic carbocycles. The van der Waals surface area contributed by atoms with Crippen molar-refractivity contribution >= 4 is 33.5 Å². The Hall–Kier alpha value is -3.52. The number of hydrogen-bond acceptors (Lipinski definition) is 6. The van der Waals surface area contributed by atoms with Gasteiger partial charge in [0.1, 0.15) is 11.5 Å². The first kappa shape index (κ1) is 27.5. The van der Waals surface area contributed by atoms with E-state index in [1.165, 1.54) is 24.3 Å². The van der Waals surface area contributed by atoms with Crippen LogP contribution in [0.2, 0.25) is 0 Å². The molecule has 0 aliphatic rings. The number of rotatable bonds is 2. The van der Waals surface area contributed by atoms with E-state index in [0.717, 1.165) is 21.5 Å². The van der Waals surface area contributed by atoms with Crippen LogP contribution in [0, 0.1) is 0 Å². The summed E-state index contributed by atoms with van der Waals surface area (Å²) in [4.78, 5) is 21.2. The Balaban J connectivity index is 0.000000529. The van der Waals surface area contributed by atoms with E-state index in [0.29, 0.717) is 0 Å². The molecule has 0 heterocycles. The van der Waals surface area contributed by atoms with Crippen LogP contribution in [-0.2, 0) is 30.4 Å². The standard InChI is InChI=1S/2C11H8O3.2H2O.Zn/c2*12-10-6-8-4-2-1-3-7(8)5-9(10)11(13)14;;;/h2*1-6,12H,(H,13,14);2*1H2;/q;;;;+2. The average Bonchev–Trinajstić information content (AvgIpc) is 2.67. The SMILES string of the molecule is O=C([O-])c1cc2ccccc2cc1O.O=C([O-])c1cc2ccccc2cc1O.[OH3+].[OH3+].[Zn+2]. The van der Waals surface area contributed by atoms with Gasteiger partial charge in [-0.2, -0.15) is 0 Å². The molecule has 0 aromatic heterocycles. The van der Waals surface area contributed by atoms with Crippen LogP contribution in [0.3, 0.4) is 0 Å². The molecule has 0 aliphatic heterocycles. The summed E-state index contributed by atoms with van der Waals surface area (Å²) >= 11 is 0. The second kappa shape index (κ2) is 11.6. The minimum Gasteiger partial charge on any atom is -0.545 e. The van der Waals surface area contributed by atoms with E-state index in [2.05, 4.69) is 0 Å². The second-order valence-electron chi connectivity index (χ2n) is 6.01. The van der Waals surface area contributed by atoms with Crippen molar-refractivity contribution < 1.29 is 60.4 Å². The Kier molecular flexibility index (Phi) is 10.3. The number of carboxylic acids is 2. The third-order valence-corrected chi connectivity index (χ3v) is 4.17. The van der Waals surface area contributed by atoms with E-state index < -0.39 is 11.9 Å². The van der Waals surface area contributed by atoms with Crippen LogP contribution in [0.1, 0.15) is 20.7 Å². The van der Waals surface area contributed by atoms with Crippen LogP contribution in [0.15, 0.2) is 72.8 Å². The van der Waals surface area contributed by atoms with E-state index in [9.17, 15) is 30.0 Å². The smallest absolute Gasteiger partial charge is 0.545 e. The van der Waals surface area contributed by atoms with Crippen molar-refractivity contribution in [2.24, 2.45) is 0 Å². The third kappa shape index (κ3) is 6.23. The number of aromatic hydroxyl groups is 2. The summed E-state index contributed by atoms with van der Waals surface area (Å²) in [5, 5.41) is 43.0. The molecule has 0 saturated carbocycles. The normalized spacial score (nSPS) is 9.29. The molecule has 8 N–H and O–H groups in total. The number of hydrogen-bond donors (Lipinski definition) is 2. The van der Waals surface area contributed by atoms with Gasteiger partial charge < -0.3 is 41.0 Å². The summed E-state index contributed by atoms with van der Waals surface area (Å²) in [6.45, 7) is 0. The molecule has 0 atom stereocenters. The van der Waals surface area contributed by atoms with Crippen LogP contribution in [0.25, 0.3) is 21.5 Å². The second-order valence-corrected chi connectivity index (χ2v) is 6.01. The molecule has 156 valence electrons. The number of carboxylic acid groups (broad SMARTS) is 2. The molecule has 0 saturated heterocycles. The fraction of sp³-hybridized carbons (Fsp3) is 0. The first-order chi connectivity index (χ1) is 13.4. The predicted octanol–water partition coefficient (Wildman–Crippen LogP) is -0.0285. The maximum Gasteiger partial charge on any atom is 2.00 e. The van der Waals surface area contributed by atoms with Crippen LogP contribution in [-0.4, -0.2) is 22.2 Å². The number of carbonyl (C=O) groups excluding carboxylic acids is 2. The number of carbonyl (C=O) groups is 2.